The van der Waals surface area contributed by atoms with E-state index in [0.29, 0.717) is 17.9 Å². The Kier molecular flexibility index (Phi) is 8.68. The van der Waals surface area contributed by atoms with E-state index in [1.54, 1.807) is 26.2 Å². The van der Waals surface area contributed by atoms with Gasteiger partial charge in [0.25, 0.3) is 0 Å². The second-order valence-corrected chi connectivity index (χ2v) is 8.55. The number of benzene rings is 3. The van der Waals surface area contributed by atoms with Crippen molar-refractivity contribution in [3.8, 4) is 11.5 Å². The van der Waals surface area contributed by atoms with Gasteiger partial charge in [0.15, 0.2) is 11.5 Å². The van der Waals surface area contributed by atoms with Gasteiger partial charge in [0, 0.05) is 6.04 Å². The molecule has 0 aliphatic rings. The Bertz CT molecular complexity index is 1010. The zero-order valence-electron chi connectivity index (χ0n) is 20.0. The summed E-state index contributed by atoms with van der Waals surface area (Å²) in [5.74, 6) is 0.844. The number of hydrogen-bond acceptors (Lipinski definition) is 5. The molecule has 4 N–H and O–H groups in total. The molecule has 0 fully saturated rings. The number of carbonyl (C=O) groups is 1. The second-order valence-electron chi connectivity index (χ2n) is 8.55. The van der Waals surface area contributed by atoms with Gasteiger partial charge in [0.2, 0.25) is 5.91 Å². The van der Waals surface area contributed by atoms with Crippen LogP contribution in [0.4, 0.5) is 0 Å². The number of para-hydroxylation sites is 2. The van der Waals surface area contributed by atoms with E-state index in [1.165, 1.54) is 0 Å². The van der Waals surface area contributed by atoms with Gasteiger partial charge in [-0.25, -0.2) is 0 Å². The molecule has 0 radical (unpaired) electrons. The summed E-state index contributed by atoms with van der Waals surface area (Å²) in [5.41, 5.74) is 7.38. The van der Waals surface area contributed by atoms with E-state index in [9.17, 15) is 9.90 Å². The van der Waals surface area contributed by atoms with Crippen LogP contribution in [0.2, 0.25) is 0 Å². The number of amides is 1. The molecule has 6 heteroatoms. The summed E-state index contributed by atoms with van der Waals surface area (Å²) in [6.07, 6.45) is -0.616. The molecule has 0 spiro atoms. The predicted molar refractivity (Wildman–Crippen MR) is 134 cm³/mol. The van der Waals surface area contributed by atoms with Crippen LogP contribution in [0.15, 0.2) is 84.9 Å². The molecule has 180 valence electrons. The summed E-state index contributed by atoms with van der Waals surface area (Å²) in [5, 5.41) is 14.0. The van der Waals surface area contributed by atoms with Crippen LogP contribution in [-0.2, 0) is 4.79 Å². The normalized spacial score (nSPS) is 14.6. The van der Waals surface area contributed by atoms with Gasteiger partial charge in [-0.3, -0.25) is 4.79 Å². The molecule has 6 nitrogen and oxygen atoms in total. The van der Waals surface area contributed by atoms with Crippen molar-refractivity contribution >= 4 is 5.91 Å². The van der Waals surface area contributed by atoms with Crippen molar-refractivity contribution < 1.29 is 19.4 Å². The van der Waals surface area contributed by atoms with Crippen molar-refractivity contribution in [2.45, 2.75) is 38.5 Å². The Hall–Kier alpha value is -3.35. The minimum atomic E-state index is -1.06. The maximum atomic E-state index is 13.6. The number of aliphatic hydroxyl groups is 1. The third-order valence-electron chi connectivity index (χ3n) is 6.42. The van der Waals surface area contributed by atoms with Crippen molar-refractivity contribution in [2.24, 2.45) is 11.1 Å². The molecule has 0 aliphatic heterocycles. The fourth-order valence-electron chi connectivity index (χ4n) is 3.94. The van der Waals surface area contributed by atoms with Crippen molar-refractivity contribution in [3.63, 3.8) is 0 Å². The lowest BCUT2D eigenvalue weighted by Crippen LogP contribution is -2.57. The number of rotatable bonds is 11. The number of aliphatic hydroxyl groups excluding tert-OH is 1. The minimum absolute atomic E-state index is 0.0643. The fourth-order valence-corrected chi connectivity index (χ4v) is 3.94. The maximum Gasteiger partial charge on any atom is 0.228 e. The molecule has 1 amide bonds. The molecule has 3 aromatic carbocycles. The van der Waals surface area contributed by atoms with Gasteiger partial charge >= 0.3 is 0 Å². The molecule has 0 saturated heterocycles. The smallest absolute Gasteiger partial charge is 0.228 e. The Balaban J connectivity index is 1.77. The summed E-state index contributed by atoms with van der Waals surface area (Å²) in [6, 6.07) is 25.6. The summed E-state index contributed by atoms with van der Waals surface area (Å²) in [7, 11) is 1.55. The highest BCUT2D eigenvalue weighted by atomic mass is 16.5. The van der Waals surface area contributed by atoms with Gasteiger partial charge in [-0.05, 0) is 36.6 Å². The van der Waals surface area contributed by atoms with Crippen LogP contribution in [0, 0.1) is 5.41 Å². The summed E-state index contributed by atoms with van der Waals surface area (Å²) >= 11 is 0. The molecule has 0 aliphatic carbocycles. The summed E-state index contributed by atoms with van der Waals surface area (Å²) < 4.78 is 11.1. The number of hydrogen-bond donors (Lipinski definition) is 3. The molecule has 3 rings (SSSR count). The molecular formula is C28H34N2O4. The van der Waals surface area contributed by atoms with Crippen molar-refractivity contribution in [2.75, 3.05) is 13.7 Å². The third-order valence-corrected chi connectivity index (χ3v) is 6.42. The molecule has 0 heterocycles. The van der Waals surface area contributed by atoms with E-state index in [2.05, 4.69) is 5.32 Å². The molecule has 34 heavy (non-hydrogen) atoms. The highest BCUT2D eigenvalue weighted by molar-refractivity contribution is 5.84. The first-order valence-electron chi connectivity index (χ1n) is 11.5. The van der Waals surface area contributed by atoms with Gasteiger partial charge in [0.05, 0.1) is 18.6 Å². The van der Waals surface area contributed by atoms with Crippen LogP contribution in [0.3, 0.4) is 0 Å². The molecular weight excluding hydrogens is 428 g/mol. The number of nitrogens with two attached hydrogens (primary N) is 1. The molecule has 0 bridgehead atoms. The van der Waals surface area contributed by atoms with Gasteiger partial charge in [-0.2, -0.15) is 0 Å². The van der Waals surface area contributed by atoms with Crippen LogP contribution in [0.25, 0.3) is 0 Å². The highest BCUT2D eigenvalue weighted by Gasteiger charge is 2.42. The van der Waals surface area contributed by atoms with E-state index >= 15 is 0 Å². The lowest BCUT2D eigenvalue weighted by Gasteiger charge is -2.37. The number of nitrogens with one attached hydrogen (secondary N) is 1. The number of methoxy groups -OCH3 is 1. The highest BCUT2D eigenvalue weighted by Crippen LogP contribution is 2.31. The quantitative estimate of drug-likeness (QED) is 0.399. The summed E-state index contributed by atoms with van der Waals surface area (Å²) in [4.78, 5) is 13.6. The minimum Gasteiger partial charge on any atom is -0.493 e. The molecule has 0 saturated carbocycles. The lowest BCUT2D eigenvalue weighted by molar-refractivity contribution is -0.134. The first-order chi connectivity index (χ1) is 16.4. The average molecular weight is 463 g/mol. The van der Waals surface area contributed by atoms with E-state index in [1.807, 2.05) is 79.7 Å². The fraction of sp³-hybridized carbons (Fsp3) is 0.321. The zero-order chi connectivity index (χ0) is 24.6. The number of ether oxygens (including phenoxy) is 2. The van der Waals surface area contributed by atoms with Crippen LogP contribution in [0.5, 0.6) is 11.5 Å². The topological polar surface area (TPSA) is 93.8 Å². The standard InChI is InChI=1S/C28H34N2O4/c1-4-28(2,26(29)22(31)19-34-24-18-12-11-17-23(24)33-3)27(32)30-25(20-13-7-5-8-14-20)21-15-9-6-10-16-21/h5-18,22,25-26,31H,4,19,29H2,1-3H3,(H,30,32). The molecule has 3 aromatic rings. The zero-order valence-corrected chi connectivity index (χ0v) is 20.0. The Morgan fingerprint density at radius 3 is 1.94 bits per heavy atom. The van der Waals surface area contributed by atoms with E-state index in [0.717, 1.165) is 11.1 Å². The van der Waals surface area contributed by atoms with Gasteiger partial charge < -0.3 is 25.6 Å². The third kappa shape index (κ3) is 5.76. The largest absolute Gasteiger partial charge is 0.493 e. The van der Waals surface area contributed by atoms with Crippen LogP contribution < -0.4 is 20.5 Å². The van der Waals surface area contributed by atoms with E-state index < -0.39 is 17.6 Å². The predicted octanol–water partition coefficient (Wildman–Crippen LogP) is 4.08. The molecule has 3 atom stereocenters. The van der Waals surface area contributed by atoms with Gasteiger partial charge in [-0.15, -0.1) is 0 Å². The first kappa shape index (κ1) is 25.3. The van der Waals surface area contributed by atoms with Crippen LogP contribution >= 0.6 is 0 Å². The average Bonchev–Trinajstić information content (AvgIpc) is 2.90. The number of carbonyl (C=O) groups excluding carboxylic acids is 1. The van der Waals surface area contributed by atoms with Crippen molar-refractivity contribution in [1.82, 2.24) is 5.32 Å². The van der Waals surface area contributed by atoms with Crippen molar-refractivity contribution in [3.05, 3.63) is 96.1 Å². The Morgan fingerprint density at radius 1 is 0.941 bits per heavy atom. The van der Waals surface area contributed by atoms with Crippen LogP contribution in [-0.4, -0.2) is 36.9 Å². The Morgan fingerprint density at radius 2 is 1.44 bits per heavy atom. The first-order valence-corrected chi connectivity index (χ1v) is 11.5. The molecule has 3 unspecified atom stereocenters. The maximum absolute atomic E-state index is 13.6. The Labute approximate surface area is 201 Å². The van der Waals surface area contributed by atoms with E-state index in [4.69, 9.17) is 15.2 Å². The lowest BCUT2D eigenvalue weighted by atomic mass is 9.76. The SMILES string of the molecule is CCC(C)(C(=O)NC(c1ccccc1)c1ccccc1)C(N)C(O)COc1ccccc1OC. The van der Waals surface area contributed by atoms with E-state index in [-0.39, 0.29) is 18.6 Å². The molecule has 0 aromatic heterocycles. The second kappa shape index (κ2) is 11.7. The monoisotopic (exact) mass is 462 g/mol. The summed E-state index contributed by atoms with van der Waals surface area (Å²) in [6.45, 7) is 3.62. The van der Waals surface area contributed by atoms with Gasteiger partial charge in [-0.1, -0.05) is 79.7 Å². The van der Waals surface area contributed by atoms with Crippen molar-refractivity contribution in [1.29, 1.82) is 0 Å². The van der Waals surface area contributed by atoms with Crippen LogP contribution in [0.1, 0.15) is 37.4 Å². The van der Waals surface area contributed by atoms with Gasteiger partial charge in [0.1, 0.15) is 12.7 Å².